The Morgan fingerprint density at radius 1 is 1.11 bits per heavy atom. The van der Waals surface area contributed by atoms with E-state index in [9.17, 15) is 27.5 Å². The number of likely N-dealkylation sites (tertiary alicyclic amines) is 2. The van der Waals surface area contributed by atoms with E-state index in [0.29, 0.717) is 44.7 Å². The van der Waals surface area contributed by atoms with Gasteiger partial charge in [0.15, 0.2) is 0 Å². The Balaban J connectivity index is 1.57. The van der Waals surface area contributed by atoms with Crippen molar-refractivity contribution < 1.29 is 32.2 Å². The second-order valence-electron chi connectivity index (χ2n) is 11.1. The van der Waals surface area contributed by atoms with E-state index in [1.807, 2.05) is 25.3 Å². The van der Waals surface area contributed by atoms with E-state index in [0.717, 1.165) is 37.3 Å². The zero-order valence-corrected chi connectivity index (χ0v) is 22.1. The number of rotatable bonds is 6. The van der Waals surface area contributed by atoms with Crippen molar-refractivity contribution >= 4 is 6.09 Å². The summed E-state index contributed by atoms with van der Waals surface area (Å²) in [4.78, 5) is 21.1. The number of benzene rings is 1. The van der Waals surface area contributed by atoms with Gasteiger partial charge in [0, 0.05) is 49.9 Å². The summed E-state index contributed by atoms with van der Waals surface area (Å²) < 4.78 is 61.4. The van der Waals surface area contributed by atoms with E-state index in [2.05, 4.69) is 4.90 Å². The third-order valence-corrected chi connectivity index (χ3v) is 7.22. The lowest BCUT2D eigenvalue weighted by Gasteiger charge is -2.33. The Morgan fingerprint density at radius 2 is 1.82 bits per heavy atom. The number of alkyl halides is 3. The van der Waals surface area contributed by atoms with Crippen molar-refractivity contribution in [2.75, 3.05) is 32.8 Å². The van der Waals surface area contributed by atoms with Crippen LogP contribution >= 0.6 is 0 Å². The van der Waals surface area contributed by atoms with Gasteiger partial charge in [-0.3, -0.25) is 4.90 Å². The van der Waals surface area contributed by atoms with Gasteiger partial charge in [-0.15, -0.1) is 0 Å². The first kappa shape index (κ1) is 28.4. The second kappa shape index (κ2) is 11.2. The van der Waals surface area contributed by atoms with Crippen LogP contribution in [-0.2, 0) is 17.5 Å². The van der Waals surface area contributed by atoms with Crippen LogP contribution in [0.15, 0.2) is 24.4 Å². The van der Waals surface area contributed by atoms with Gasteiger partial charge in [-0.05, 0) is 71.2 Å². The number of piperidine rings is 1. The molecule has 1 N–H and O–H groups in total. The summed E-state index contributed by atoms with van der Waals surface area (Å²) in [5.74, 6) is -0.585. The molecule has 1 atom stereocenters. The smallest absolute Gasteiger partial charge is 0.419 e. The van der Waals surface area contributed by atoms with Crippen molar-refractivity contribution in [1.29, 1.82) is 0 Å². The summed E-state index contributed by atoms with van der Waals surface area (Å²) in [6.45, 7) is 8.60. The Morgan fingerprint density at radius 3 is 2.45 bits per heavy atom. The topological polar surface area (TPSA) is 70.8 Å². The lowest BCUT2D eigenvalue weighted by molar-refractivity contribution is -0.139. The molecule has 2 saturated heterocycles. The van der Waals surface area contributed by atoms with Crippen LogP contribution in [0.1, 0.15) is 63.8 Å². The predicted octanol–water partition coefficient (Wildman–Crippen LogP) is 5.28. The zero-order valence-electron chi connectivity index (χ0n) is 22.1. The molecule has 0 spiro atoms. The van der Waals surface area contributed by atoms with Crippen molar-refractivity contribution in [3.05, 3.63) is 41.6 Å². The second-order valence-corrected chi connectivity index (χ2v) is 11.1. The monoisotopic (exact) mass is 540 g/mol. The average Bonchev–Trinajstić information content (AvgIpc) is 3.48. The number of aromatic nitrogens is 2. The maximum absolute atomic E-state index is 13.9. The number of ether oxygens (including phenoxy) is 1. The maximum Gasteiger partial charge on any atom is 0.419 e. The van der Waals surface area contributed by atoms with E-state index in [4.69, 9.17) is 9.72 Å². The first-order chi connectivity index (χ1) is 17.9. The van der Waals surface area contributed by atoms with Crippen LogP contribution < -0.4 is 0 Å². The molecule has 1 aromatic heterocycles. The number of imidazole rings is 1. The summed E-state index contributed by atoms with van der Waals surface area (Å²) in [7, 11) is 0. The van der Waals surface area contributed by atoms with Crippen LogP contribution in [0.25, 0.3) is 11.3 Å². The number of amides is 1. The Bertz CT molecular complexity index is 1120. The summed E-state index contributed by atoms with van der Waals surface area (Å²) in [6.07, 6.45) is -0.243. The van der Waals surface area contributed by atoms with Crippen molar-refractivity contribution in [2.45, 2.75) is 76.7 Å². The quantitative estimate of drug-likeness (QED) is 0.505. The van der Waals surface area contributed by atoms with Gasteiger partial charge in [-0.1, -0.05) is 0 Å². The lowest BCUT2D eigenvalue weighted by Crippen LogP contribution is -2.41. The molecule has 1 unspecified atom stereocenters. The molecule has 0 bridgehead atoms. The number of aliphatic hydroxyl groups excluding tert-OH is 1. The van der Waals surface area contributed by atoms with Gasteiger partial charge in [-0.2, -0.15) is 13.2 Å². The number of hydrogen-bond acceptors (Lipinski definition) is 5. The minimum absolute atomic E-state index is 0.00260. The highest BCUT2D eigenvalue weighted by atomic mass is 19.4. The molecule has 2 aliphatic heterocycles. The molecule has 4 rings (SSSR count). The van der Waals surface area contributed by atoms with Crippen LogP contribution in [0.2, 0.25) is 0 Å². The van der Waals surface area contributed by atoms with E-state index < -0.39 is 23.2 Å². The molecule has 2 fully saturated rings. The lowest BCUT2D eigenvalue weighted by atomic mass is 9.96. The Hall–Kier alpha value is -2.66. The van der Waals surface area contributed by atoms with Crippen LogP contribution in [0, 0.1) is 5.82 Å². The summed E-state index contributed by atoms with van der Waals surface area (Å²) >= 11 is 0. The minimum atomic E-state index is -4.81. The van der Waals surface area contributed by atoms with Gasteiger partial charge in [-0.25, -0.2) is 14.2 Å². The number of nitrogens with zero attached hydrogens (tertiary/aromatic N) is 4. The molecule has 0 saturated carbocycles. The normalized spacial score (nSPS) is 19.8. The fourth-order valence-electron chi connectivity index (χ4n) is 5.26. The first-order valence-electron chi connectivity index (χ1n) is 13.1. The zero-order chi connectivity index (χ0) is 27.7. The third-order valence-electron chi connectivity index (χ3n) is 7.22. The molecule has 1 amide bonds. The number of carbonyl (C=O) groups is 1. The van der Waals surface area contributed by atoms with Crippen LogP contribution in [-0.4, -0.2) is 75.0 Å². The molecule has 2 aliphatic rings. The molecule has 2 aromatic rings. The van der Waals surface area contributed by atoms with Gasteiger partial charge in [0.05, 0.1) is 17.9 Å². The molecular weight excluding hydrogens is 504 g/mol. The van der Waals surface area contributed by atoms with Crippen molar-refractivity contribution in [3.8, 4) is 11.3 Å². The standard InChI is InChI=1S/C27H36F4N4O3/c1-26(2,3)38-25(37)34-11-8-18(9-12-34)24-32-23(19-6-7-22(28)21(15-19)27(29,30)31)16-35(24)14-13-33-10-4-5-20(33)17-36/h6-7,15-16,18,20,36H,4-5,8-14,17H2,1-3H3. The van der Waals surface area contributed by atoms with Crippen LogP contribution in [0.3, 0.4) is 0 Å². The molecule has 3 heterocycles. The first-order valence-corrected chi connectivity index (χ1v) is 13.1. The molecule has 7 nitrogen and oxygen atoms in total. The molecular formula is C27H36F4N4O3. The number of aliphatic hydroxyl groups is 1. The number of carbonyl (C=O) groups excluding carboxylic acids is 1. The summed E-state index contributed by atoms with van der Waals surface area (Å²) in [5, 5.41) is 9.67. The third kappa shape index (κ3) is 6.66. The fraction of sp³-hybridized carbons (Fsp3) is 0.630. The van der Waals surface area contributed by atoms with E-state index >= 15 is 0 Å². The van der Waals surface area contributed by atoms with E-state index in [1.54, 1.807) is 11.1 Å². The Labute approximate surface area is 220 Å². The van der Waals surface area contributed by atoms with E-state index in [-0.39, 0.29) is 30.2 Å². The largest absolute Gasteiger partial charge is 0.444 e. The van der Waals surface area contributed by atoms with Gasteiger partial charge < -0.3 is 19.3 Å². The molecule has 11 heteroatoms. The molecule has 1 aromatic carbocycles. The van der Waals surface area contributed by atoms with Crippen molar-refractivity contribution in [1.82, 2.24) is 19.4 Å². The Kier molecular flexibility index (Phi) is 8.37. The van der Waals surface area contributed by atoms with Gasteiger partial charge in [0.1, 0.15) is 17.2 Å². The number of halogens is 4. The van der Waals surface area contributed by atoms with E-state index in [1.165, 1.54) is 6.07 Å². The van der Waals surface area contributed by atoms with Gasteiger partial charge in [0.2, 0.25) is 0 Å². The van der Waals surface area contributed by atoms with Gasteiger partial charge >= 0.3 is 12.3 Å². The van der Waals surface area contributed by atoms with Crippen LogP contribution in [0.5, 0.6) is 0 Å². The van der Waals surface area contributed by atoms with Gasteiger partial charge in [0.25, 0.3) is 0 Å². The van der Waals surface area contributed by atoms with Crippen LogP contribution in [0.4, 0.5) is 22.4 Å². The molecule has 210 valence electrons. The summed E-state index contributed by atoms with van der Waals surface area (Å²) in [5.41, 5.74) is -1.37. The fourth-order valence-corrected chi connectivity index (χ4v) is 5.26. The summed E-state index contributed by atoms with van der Waals surface area (Å²) in [6, 6.07) is 3.05. The molecule has 0 radical (unpaired) electrons. The maximum atomic E-state index is 13.9. The minimum Gasteiger partial charge on any atom is -0.444 e. The SMILES string of the molecule is CC(C)(C)OC(=O)N1CCC(c2nc(-c3ccc(F)c(C(F)(F)F)c3)cn2CCN2CCCC2CO)CC1. The predicted molar refractivity (Wildman–Crippen MR) is 134 cm³/mol. The number of hydrogen-bond donors (Lipinski definition) is 1. The highest BCUT2D eigenvalue weighted by Gasteiger charge is 2.35. The molecule has 0 aliphatic carbocycles. The average molecular weight is 541 g/mol. The van der Waals surface area contributed by atoms with Crippen molar-refractivity contribution in [3.63, 3.8) is 0 Å². The van der Waals surface area contributed by atoms with Crippen molar-refractivity contribution in [2.24, 2.45) is 0 Å². The highest BCUT2D eigenvalue weighted by molar-refractivity contribution is 5.68. The molecule has 38 heavy (non-hydrogen) atoms. The highest BCUT2D eigenvalue weighted by Crippen LogP contribution is 2.35.